The second-order valence-electron chi connectivity index (χ2n) is 5.88. The molecule has 0 saturated heterocycles. The van der Waals surface area contributed by atoms with Crippen LogP contribution in [0.1, 0.15) is 44.2 Å². The third-order valence-corrected chi connectivity index (χ3v) is 3.46. The minimum absolute atomic E-state index is 0. The molecule has 0 spiro atoms. The van der Waals surface area contributed by atoms with Crippen LogP contribution in [0.3, 0.4) is 0 Å². The summed E-state index contributed by atoms with van der Waals surface area (Å²) in [5, 5.41) is 3.68. The van der Waals surface area contributed by atoms with Gasteiger partial charge in [-0.2, -0.15) is 6.92 Å². The third-order valence-electron chi connectivity index (χ3n) is 3.46. The molecule has 1 aromatic heterocycles. The molecule has 2 rings (SSSR count). The first kappa shape index (κ1) is 20.0. The van der Waals surface area contributed by atoms with Crippen molar-refractivity contribution in [1.29, 1.82) is 0 Å². The molecule has 0 aliphatic carbocycles. The SMILES string of the molecule is C[CH-]CC(=O)[C@H](CC(C)C)NC(=O)c1cc2ccccc2o1.[Y]. The van der Waals surface area contributed by atoms with Gasteiger partial charge in [-0.3, -0.25) is 4.79 Å². The number of nitrogens with one attached hydrogen (secondary N) is 1. The van der Waals surface area contributed by atoms with Gasteiger partial charge in [-0.05, 0) is 24.5 Å². The molecule has 0 unspecified atom stereocenters. The van der Waals surface area contributed by atoms with Crippen LogP contribution in [0.25, 0.3) is 11.0 Å². The number of Topliss-reactive ketones (excluding diaryl/α,β-unsaturated/α-hetero) is 1. The minimum atomic E-state index is -0.475. The molecule has 1 N–H and O–H groups in total. The molecule has 23 heavy (non-hydrogen) atoms. The first-order valence-electron chi connectivity index (χ1n) is 7.61. The number of furan rings is 1. The first-order valence-corrected chi connectivity index (χ1v) is 7.61. The number of carbonyl (C=O) groups is 2. The number of carbonyl (C=O) groups excluding carboxylic acids is 2. The zero-order valence-corrected chi connectivity index (χ0v) is 16.7. The molecule has 2 aromatic rings. The van der Waals surface area contributed by atoms with Gasteiger partial charge in [0.1, 0.15) is 11.4 Å². The Balaban J connectivity index is 0.00000264. The van der Waals surface area contributed by atoms with Gasteiger partial charge in [-0.25, -0.2) is 0 Å². The molecule has 1 amide bonds. The molecule has 4 nitrogen and oxygen atoms in total. The van der Waals surface area contributed by atoms with Crippen molar-refractivity contribution < 1.29 is 46.7 Å². The Morgan fingerprint density at radius 2 is 1.96 bits per heavy atom. The number of rotatable bonds is 7. The predicted molar refractivity (Wildman–Crippen MR) is 86.5 cm³/mol. The van der Waals surface area contributed by atoms with Gasteiger partial charge in [0.25, 0.3) is 5.91 Å². The van der Waals surface area contributed by atoms with Crippen LogP contribution < -0.4 is 5.32 Å². The van der Waals surface area contributed by atoms with Gasteiger partial charge in [-0.15, -0.1) is 6.42 Å². The van der Waals surface area contributed by atoms with Crippen LogP contribution in [0.4, 0.5) is 0 Å². The monoisotopic (exact) mass is 389 g/mol. The Hall–Kier alpha value is -0.996. The van der Waals surface area contributed by atoms with E-state index in [0.717, 1.165) is 5.39 Å². The van der Waals surface area contributed by atoms with Crippen LogP contribution in [0.2, 0.25) is 0 Å². The van der Waals surface area contributed by atoms with Crippen molar-refractivity contribution in [3.05, 3.63) is 42.5 Å². The topological polar surface area (TPSA) is 59.3 Å². The van der Waals surface area contributed by atoms with Crippen molar-refractivity contribution >= 4 is 22.7 Å². The van der Waals surface area contributed by atoms with E-state index in [9.17, 15) is 9.59 Å². The maximum absolute atomic E-state index is 12.3. The van der Waals surface area contributed by atoms with E-state index in [4.69, 9.17) is 4.42 Å². The standard InChI is InChI=1S/C18H22NO3.Y/c1-4-7-15(20)14(10-12(2)3)19-18(21)17-11-13-8-5-6-9-16(13)22-17;/h4-6,8-9,11-12,14H,7,10H2,1-3H3,(H,19,21);/q-1;/t14-;/m0./s1. The average molecular weight is 389 g/mol. The summed E-state index contributed by atoms with van der Waals surface area (Å²) in [7, 11) is 0. The number of para-hydroxylation sites is 1. The van der Waals surface area contributed by atoms with E-state index < -0.39 is 6.04 Å². The van der Waals surface area contributed by atoms with Gasteiger partial charge in [-0.1, -0.05) is 32.0 Å². The van der Waals surface area contributed by atoms with Gasteiger partial charge in [0.2, 0.25) is 0 Å². The summed E-state index contributed by atoms with van der Waals surface area (Å²) in [5.74, 6) is 0.247. The molecule has 1 radical (unpaired) electrons. The van der Waals surface area contributed by atoms with E-state index in [0.29, 0.717) is 24.3 Å². The van der Waals surface area contributed by atoms with Crippen LogP contribution >= 0.6 is 0 Å². The molecule has 0 aliphatic heterocycles. The third kappa shape index (κ3) is 5.54. The van der Waals surface area contributed by atoms with Gasteiger partial charge in [0, 0.05) is 38.1 Å². The molecular formula is C18H22NO3Y-. The normalized spacial score (nSPS) is 12.0. The Labute approximate surface area is 162 Å². The maximum Gasteiger partial charge on any atom is 0.287 e. The number of amides is 1. The summed E-state index contributed by atoms with van der Waals surface area (Å²) in [5.41, 5.74) is 0.668. The number of ketones is 1. The Morgan fingerprint density at radius 1 is 1.26 bits per heavy atom. The van der Waals surface area contributed by atoms with Gasteiger partial charge in [0.15, 0.2) is 5.76 Å². The van der Waals surface area contributed by atoms with E-state index in [-0.39, 0.29) is 50.2 Å². The van der Waals surface area contributed by atoms with Crippen LogP contribution in [-0.2, 0) is 37.5 Å². The first-order chi connectivity index (χ1) is 10.5. The van der Waals surface area contributed by atoms with E-state index in [1.54, 1.807) is 6.07 Å². The van der Waals surface area contributed by atoms with E-state index in [2.05, 4.69) is 5.32 Å². The van der Waals surface area contributed by atoms with Crippen LogP contribution in [-0.4, -0.2) is 17.7 Å². The molecular weight excluding hydrogens is 367 g/mol. The van der Waals surface area contributed by atoms with Crippen LogP contribution in [0, 0.1) is 12.3 Å². The van der Waals surface area contributed by atoms with Crippen LogP contribution in [0.5, 0.6) is 0 Å². The van der Waals surface area contributed by atoms with E-state index in [1.165, 1.54) is 0 Å². The molecule has 1 aromatic carbocycles. The largest absolute Gasteiger partial charge is 0.451 e. The second kappa shape index (κ2) is 9.34. The van der Waals surface area contributed by atoms with Gasteiger partial charge >= 0.3 is 0 Å². The fourth-order valence-electron chi connectivity index (χ4n) is 2.41. The summed E-state index contributed by atoms with van der Waals surface area (Å²) in [6, 6.07) is 8.68. The number of hydrogen-bond donors (Lipinski definition) is 1. The van der Waals surface area contributed by atoms with Crippen molar-refractivity contribution in [2.45, 2.75) is 39.7 Å². The summed E-state index contributed by atoms with van der Waals surface area (Å²) in [6.45, 7) is 5.90. The zero-order chi connectivity index (χ0) is 16.1. The predicted octanol–water partition coefficient (Wildman–Crippen LogP) is 3.76. The molecule has 0 bridgehead atoms. The average Bonchev–Trinajstić information content (AvgIpc) is 2.90. The number of hydrogen-bond acceptors (Lipinski definition) is 3. The maximum atomic E-state index is 12.3. The zero-order valence-electron chi connectivity index (χ0n) is 13.8. The van der Waals surface area contributed by atoms with Crippen molar-refractivity contribution in [1.82, 2.24) is 5.32 Å². The van der Waals surface area contributed by atoms with E-state index in [1.807, 2.05) is 51.5 Å². The summed E-state index contributed by atoms with van der Waals surface area (Å²) >= 11 is 0. The molecule has 5 heteroatoms. The Morgan fingerprint density at radius 3 is 2.57 bits per heavy atom. The summed E-state index contributed by atoms with van der Waals surface area (Å²) < 4.78 is 5.54. The van der Waals surface area contributed by atoms with Crippen molar-refractivity contribution in [2.75, 3.05) is 0 Å². The molecule has 0 fully saturated rings. The smallest absolute Gasteiger partial charge is 0.287 e. The quantitative estimate of drug-likeness (QED) is 0.734. The Bertz CT molecular complexity index is 630. The fourth-order valence-corrected chi connectivity index (χ4v) is 2.41. The molecule has 1 atom stereocenters. The van der Waals surface area contributed by atoms with Gasteiger partial charge < -0.3 is 20.9 Å². The summed E-state index contributed by atoms with van der Waals surface area (Å²) in [4.78, 5) is 24.5. The summed E-state index contributed by atoms with van der Waals surface area (Å²) in [6.07, 6.45) is 2.79. The van der Waals surface area contributed by atoms with Crippen molar-refractivity contribution in [3.63, 3.8) is 0 Å². The number of benzene rings is 1. The molecule has 0 saturated carbocycles. The van der Waals surface area contributed by atoms with E-state index >= 15 is 0 Å². The second-order valence-corrected chi connectivity index (χ2v) is 5.88. The minimum Gasteiger partial charge on any atom is -0.451 e. The Kier molecular flexibility index (Phi) is 8.14. The fraction of sp³-hybridized carbons (Fsp3) is 0.389. The van der Waals surface area contributed by atoms with Crippen molar-refractivity contribution in [2.24, 2.45) is 5.92 Å². The molecule has 0 aliphatic rings. The molecule has 121 valence electrons. The number of fused-ring (bicyclic) bond motifs is 1. The molecule has 1 heterocycles. The van der Waals surface area contributed by atoms with Crippen molar-refractivity contribution in [3.8, 4) is 0 Å². The van der Waals surface area contributed by atoms with Gasteiger partial charge in [0.05, 0.1) is 6.04 Å². The van der Waals surface area contributed by atoms with Crippen LogP contribution in [0.15, 0.2) is 34.7 Å².